The van der Waals surface area contributed by atoms with E-state index in [4.69, 9.17) is 9.47 Å². The van der Waals surface area contributed by atoms with Gasteiger partial charge in [0.15, 0.2) is 11.5 Å². The molecule has 34 heavy (non-hydrogen) atoms. The Bertz CT molecular complexity index is 1080. The smallest absolute Gasteiger partial charge is 0.316 e. The fourth-order valence-corrected chi connectivity index (χ4v) is 2.77. The molecule has 0 spiro atoms. The van der Waals surface area contributed by atoms with Gasteiger partial charge in [0.1, 0.15) is 11.4 Å². The number of nitrogens with zero attached hydrogens (tertiary/aromatic N) is 2. The maximum atomic E-state index is 12.7. The van der Waals surface area contributed by atoms with Crippen molar-refractivity contribution in [2.24, 2.45) is 21.1 Å². The topological polar surface area (TPSA) is 77.3 Å². The van der Waals surface area contributed by atoms with E-state index in [1.165, 1.54) is 0 Å². The number of esters is 2. The molecule has 176 valence electrons. The van der Waals surface area contributed by atoms with Crippen molar-refractivity contribution in [1.82, 2.24) is 0 Å². The number of azo groups is 1. The standard InChI is InChI=1S/C28H30N2O4/c1-27(2,3)25(31)33-21-17-18-22(34-26(32)28(4,5)6)24(20-15-11-8-12-16-20)30-29-23(21)19-13-9-7-10-14-19/h7-18H,1-6H3/b18-17-,21-17?,22-18?,23-21-,24-22+,29-23?,30-24?,30-29+. The second-order valence-electron chi connectivity index (χ2n) is 9.97. The number of hydrogen-bond acceptors (Lipinski definition) is 6. The minimum Gasteiger partial charge on any atom is -0.424 e. The summed E-state index contributed by atoms with van der Waals surface area (Å²) in [7, 11) is 0. The van der Waals surface area contributed by atoms with Gasteiger partial charge >= 0.3 is 11.9 Å². The quantitative estimate of drug-likeness (QED) is 0.466. The number of ether oxygens (including phenoxy) is 2. The molecule has 0 aromatic heterocycles. The van der Waals surface area contributed by atoms with Crippen LogP contribution in [0.1, 0.15) is 52.7 Å². The Hall–Kier alpha value is -3.80. The molecule has 0 bridgehead atoms. The fraction of sp³-hybridized carbons (Fsp3) is 0.286. The Morgan fingerprint density at radius 2 is 0.912 bits per heavy atom. The van der Waals surface area contributed by atoms with Gasteiger partial charge in [0.05, 0.1) is 10.8 Å². The van der Waals surface area contributed by atoms with Crippen molar-refractivity contribution in [3.63, 3.8) is 0 Å². The molecule has 2 aromatic carbocycles. The van der Waals surface area contributed by atoms with Gasteiger partial charge in [-0.05, 0) is 53.7 Å². The first kappa shape index (κ1) is 24.8. The fourth-order valence-electron chi connectivity index (χ4n) is 2.77. The largest absolute Gasteiger partial charge is 0.424 e. The van der Waals surface area contributed by atoms with Crippen molar-refractivity contribution in [3.05, 3.63) is 95.5 Å². The molecular weight excluding hydrogens is 428 g/mol. The molecule has 3 rings (SSSR count). The van der Waals surface area contributed by atoms with Gasteiger partial charge in [0.2, 0.25) is 0 Å². The summed E-state index contributed by atoms with van der Waals surface area (Å²) in [4.78, 5) is 25.4. The van der Waals surface area contributed by atoms with Gasteiger partial charge in [-0.1, -0.05) is 60.7 Å². The van der Waals surface area contributed by atoms with Crippen LogP contribution in [0.4, 0.5) is 0 Å². The highest BCUT2D eigenvalue weighted by Gasteiger charge is 2.28. The number of carbonyl (C=O) groups excluding carboxylic acids is 2. The Balaban J connectivity index is 2.17. The summed E-state index contributed by atoms with van der Waals surface area (Å²) in [6.45, 7) is 10.6. The predicted molar refractivity (Wildman–Crippen MR) is 132 cm³/mol. The molecule has 1 heterocycles. The molecule has 6 heteroatoms. The van der Waals surface area contributed by atoms with E-state index in [-0.39, 0.29) is 11.5 Å². The summed E-state index contributed by atoms with van der Waals surface area (Å²) < 4.78 is 11.5. The first-order chi connectivity index (χ1) is 16.0. The molecule has 0 unspecified atom stereocenters. The first-order valence-electron chi connectivity index (χ1n) is 11.1. The third-order valence-corrected chi connectivity index (χ3v) is 4.83. The van der Waals surface area contributed by atoms with Crippen LogP contribution in [0.3, 0.4) is 0 Å². The summed E-state index contributed by atoms with van der Waals surface area (Å²) >= 11 is 0. The highest BCUT2D eigenvalue weighted by Crippen LogP contribution is 2.32. The lowest BCUT2D eigenvalue weighted by molar-refractivity contribution is -0.148. The number of hydrogen-bond donors (Lipinski definition) is 0. The van der Waals surface area contributed by atoms with Gasteiger partial charge in [-0.25, -0.2) is 0 Å². The number of rotatable bonds is 4. The van der Waals surface area contributed by atoms with E-state index in [1.807, 2.05) is 60.7 Å². The van der Waals surface area contributed by atoms with Crippen LogP contribution >= 0.6 is 0 Å². The molecule has 0 saturated heterocycles. The molecule has 1 aliphatic heterocycles. The Labute approximate surface area is 200 Å². The van der Waals surface area contributed by atoms with E-state index >= 15 is 0 Å². The molecule has 0 aliphatic carbocycles. The van der Waals surface area contributed by atoms with Crippen molar-refractivity contribution in [1.29, 1.82) is 0 Å². The van der Waals surface area contributed by atoms with Crippen molar-refractivity contribution in [2.45, 2.75) is 41.5 Å². The van der Waals surface area contributed by atoms with Crippen LogP contribution in [0, 0.1) is 10.8 Å². The van der Waals surface area contributed by atoms with Crippen LogP contribution in [0.25, 0.3) is 11.4 Å². The predicted octanol–water partition coefficient (Wildman–Crippen LogP) is 6.92. The third kappa shape index (κ3) is 6.16. The average Bonchev–Trinajstić information content (AvgIpc) is 2.77. The zero-order valence-corrected chi connectivity index (χ0v) is 20.5. The van der Waals surface area contributed by atoms with Gasteiger partial charge in [-0.15, -0.1) is 10.2 Å². The molecule has 6 nitrogen and oxygen atoms in total. The van der Waals surface area contributed by atoms with E-state index in [0.717, 1.165) is 11.1 Å². The van der Waals surface area contributed by atoms with E-state index < -0.39 is 22.8 Å². The lowest BCUT2D eigenvalue weighted by Gasteiger charge is -2.20. The minimum atomic E-state index is -0.727. The van der Waals surface area contributed by atoms with E-state index in [2.05, 4.69) is 10.2 Å². The van der Waals surface area contributed by atoms with Gasteiger partial charge in [-0.3, -0.25) is 9.59 Å². The minimum absolute atomic E-state index is 0.214. The summed E-state index contributed by atoms with van der Waals surface area (Å²) in [6.07, 6.45) is 3.19. The van der Waals surface area contributed by atoms with Crippen molar-refractivity contribution in [3.8, 4) is 0 Å². The maximum absolute atomic E-state index is 12.7. The second kappa shape index (κ2) is 10.00. The Morgan fingerprint density at radius 3 is 1.21 bits per heavy atom. The Morgan fingerprint density at radius 1 is 0.588 bits per heavy atom. The second-order valence-corrected chi connectivity index (χ2v) is 9.97. The van der Waals surface area contributed by atoms with E-state index in [0.29, 0.717) is 11.4 Å². The van der Waals surface area contributed by atoms with Crippen LogP contribution in [0.2, 0.25) is 0 Å². The van der Waals surface area contributed by atoms with Crippen LogP contribution in [0.5, 0.6) is 0 Å². The molecule has 0 saturated carbocycles. The SMILES string of the molecule is CC(C)(C)C(=O)OC1=C(c2ccccc2)/N=N/C(c2ccccc2)=C(OC(=O)C(C)(C)C)\C=C/1. The molecule has 1 aliphatic rings. The van der Waals surface area contributed by atoms with Crippen LogP contribution in [-0.4, -0.2) is 11.9 Å². The highest BCUT2D eigenvalue weighted by molar-refractivity contribution is 5.82. The molecule has 0 radical (unpaired) electrons. The van der Waals surface area contributed by atoms with Gasteiger partial charge in [0, 0.05) is 11.1 Å². The van der Waals surface area contributed by atoms with E-state index in [1.54, 1.807) is 53.7 Å². The van der Waals surface area contributed by atoms with Crippen molar-refractivity contribution in [2.75, 3.05) is 0 Å². The van der Waals surface area contributed by atoms with Gasteiger partial charge < -0.3 is 9.47 Å². The zero-order valence-electron chi connectivity index (χ0n) is 20.5. The van der Waals surface area contributed by atoms with Crippen molar-refractivity contribution >= 4 is 23.3 Å². The monoisotopic (exact) mass is 458 g/mol. The van der Waals surface area contributed by atoms with Crippen molar-refractivity contribution < 1.29 is 19.1 Å². The van der Waals surface area contributed by atoms with E-state index in [9.17, 15) is 9.59 Å². The van der Waals surface area contributed by atoms with Gasteiger partial charge in [-0.2, -0.15) is 0 Å². The van der Waals surface area contributed by atoms with Crippen LogP contribution in [-0.2, 0) is 19.1 Å². The zero-order chi connectivity index (χ0) is 24.9. The van der Waals surface area contributed by atoms with Gasteiger partial charge in [0.25, 0.3) is 0 Å². The number of benzene rings is 2. The summed E-state index contributed by atoms with van der Waals surface area (Å²) in [5, 5.41) is 8.95. The Kier molecular flexibility index (Phi) is 7.30. The molecule has 0 N–H and O–H groups in total. The molecule has 2 aromatic rings. The highest BCUT2D eigenvalue weighted by atomic mass is 16.5. The normalized spacial score (nSPS) is 20.6. The average molecular weight is 459 g/mol. The molecular formula is C28H30N2O4. The number of allylic oxidation sites excluding steroid dienone is 2. The summed E-state index contributed by atoms with van der Waals surface area (Å²) in [5.41, 5.74) is 0.794. The first-order valence-corrected chi connectivity index (χ1v) is 11.1. The molecule has 0 fully saturated rings. The van der Waals surface area contributed by atoms with Crippen LogP contribution in [0.15, 0.2) is 94.6 Å². The van der Waals surface area contributed by atoms with Crippen LogP contribution < -0.4 is 0 Å². The molecule has 0 atom stereocenters. The summed E-state index contributed by atoms with van der Waals surface area (Å²) in [5.74, 6) is -0.411. The lowest BCUT2D eigenvalue weighted by Crippen LogP contribution is -2.23. The third-order valence-electron chi connectivity index (χ3n) is 4.83. The molecule has 0 amide bonds. The summed E-state index contributed by atoms with van der Waals surface area (Å²) in [6, 6.07) is 18.7. The maximum Gasteiger partial charge on any atom is 0.316 e. The number of carbonyl (C=O) groups is 2. The lowest BCUT2D eigenvalue weighted by atomic mass is 9.97.